The zero-order valence-corrected chi connectivity index (χ0v) is 22.4. The van der Waals surface area contributed by atoms with Gasteiger partial charge in [-0.25, -0.2) is 8.42 Å². The third-order valence-electron chi connectivity index (χ3n) is 6.95. The molecule has 1 fully saturated rings. The van der Waals surface area contributed by atoms with Crippen molar-refractivity contribution in [3.8, 4) is 11.1 Å². The molecule has 5 rings (SSSR count). The first-order chi connectivity index (χ1) is 19.2. The van der Waals surface area contributed by atoms with Gasteiger partial charge in [0.25, 0.3) is 5.91 Å². The average molecular weight is 570 g/mol. The summed E-state index contributed by atoms with van der Waals surface area (Å²) in [7, 11) is -4.25. The molecule has 0 aromatic heterocycles. The predicted octanol–water partition coefficient (Wildman–Crippen LogP) is -0.373. The van der Waals surface area contributed by atoms with E-state index in [0.29, 0.717) is 30.6 Å². The highest BCUT2D eigenvalue weighted by Gasteiger charge is 2.47. The Morgan fingerprint density at radius 2 is 1.93 bits per heavy atom. The van der Waals surface area contributed by atoms with E-state index in [1.807, 2.05) is 6.07 Å². The van der Waals surface area contributed by atoms with E-state index in [0.717, 1.165) is 19.0 Å². The summed E-state index contributed by atoms with van der Waals surface area (Å²) in [6, 6.07) is 13.7. The molecule has 2 aromatic rings. The van der Waals surface area contributed by atoms with Gasteiger partial charge in [-0.15, -0.1) is 0 Å². The van der Waals surface area contributed by atoms with Crippen LogP contribution in [0.4, 0.5) is 0 Å². The minimum Gasteiger partial charge on any atom is -0.480 e. The largest absolute Gasteiger partial charge is 0.480 e. The summed E-state index contributed by atoms with van der Waals surface area (Å²) in [5.74, 6) is -1.28. The van der Waals surface area contributed by atoms with E-state index in [1.165, 1.54) is 6.07 Å². The summed E-state index contributed by atoms with van der Waals surface area (Å²) in [6.07, 6.45) is 0.862. The molecule has 13 nitrogen and oxygen atoms in total. The van der Waals surface area contributed by atoms with Crippen molar-refractivity contribution in [2.24, 2.45) is 10.1 Å². The topological polar surface area (TPSA) is 183 Å². The van der Waals surface area contributed by atoms with Gasteiger partial charge >= 0.3 is 5.97 Å². The SMILES string of the molecule is O=C(NCC(NS(=O)(=O)c1ccccc1-c1ccccc1)C(=O)O)C1=NO[C@]2(CNC(CNC3=NCCN3)C2)C1. The molecule has 3 aliphatic rings. The summed E-state index contributed by atoms with van der Waals surface area (Å²) in [6.45, 7) is 2.20. The number of sulfonamides is 1. The van der Waals surface area contributed by atoms with Gasteiger partial charge < -0.3 is 31.2 Å². The second-order valence-corrected chi connectivity index (χ2v) is 11.6. The van der Waals surface area contributed by atoms with Crippen molar-refractivity contribution in [1.29, 1.82) is 0 Å². The first kappa shape index (κ1) is 27.6. The van der Waals surface area contributed by atoms with Gasteiger partial charge in [0, 0.05) is 50.6 Å². The van der Waals surface area contributed by atoms with Crippen LogP contribution in [-0.2, 0) is 24.4 Å². The summed E-state index contributed by atoms with van der Waals surface area (Å²) in [5.41, 5.74) is 0.551. The second-order valence-electron chi connectivity index (χ2n) is 9.89. The highest BCUT2D eigenvalue weighted by molar-refractivity contribution is 7.89. The van der Waals surface area contributed by atoms with Crippen molar-refractivity contribution in [2.45, 2.75) is 35.4 Å². The molecule has 0 radical (unpaired) electrons. The van der Waals surface area contributed by atoms with Crippen molar-refractivity contribution >= 4 is 33.6 Å². The van der Waals surface area contributed by atoms with Crippen molar-refractivity contribution in [2.75, 3.05) is 32.7 Å². The molecule has 14 heteroatoms. The minimum absolute atomic E-state index is 0.0668. The maximum atomic E-state index is 13.2. The molecule has 2 unspecified atom stereocenters. The summed E-state index contributed by atoms with van der Waals surface area (Å²) >= 11 is 0. The third kappa shape index (κ3) is 6.24. The van der Waals surface area contributed by atoms with Crippen molar-refractivity contribution in [3.05, 3.63) is 54.6 Å². The third-order valence-corrected chi connectivity index (χ3v) is 8.48. The zero-order chi connectivity index (χ0) is 28.2. The average Bonchev–Trinajstić information content (AvgIpc) is 3.72. The van der Waals surface area contributed by atoms with Gasteiger partial charge in [-0.05, 0) is 11.6 Å². The lowest BCUT2D eigenvalue weighted by Crippen LogP contribution is -2.49. The number of rotatable bonds is 10. The molecule has 1 amide bonds. The quantitative estimate of drug-likeness (QED) is 0.222. The standard InChI is InChI=1S/C26H31N7O6S/c34-23(20-13-26(39-32-20)12-18(31-16-26)14-30-25-27-10-11-28-25)29-15-21(24(35)36)33-40(37,38)22-9-5-4-8-19(22)17-6-2-1-3-7-17/h1-9,18,21,31,33H,10-16H2,(H,29,34)(H,35,36)(H2,27,28,30)/t18?,21?,26-/m0/s1. The van der Waals surface area contributed by atoms with Gasteiger partial charge in [0.05, 0.1) is 11.4 Å². The molecule has 6 N–H and O–H groups in total. The number of carboxylic acid groups (broad SMARTS) is 1. The van der Waals surface area contributed by atoms with E-state index < -0.39 is 40.1 Å². The van der Waals surface area contributed by atoms with E-state index in [-0.39, 0.29) is 23.1 Å². The maximum Gasteiger partial charge on any atom is 0.323 e. The lowest BCUT2D eigenvalue weighted by molar-refractivity contribution is -0.138. The number of guanidine groups is 1. The Morgan fingerprint density at radius 3 is 2.67 bits per heavy atom. The fraction of sp³-hybridized carbons (Fsp3) is 0.385. The predicted molar refractivity (Wildman–Crippen MR) is 147 cm³/mol. The Morgan fingerprint density at radius 1 is 1.15 bits per heavy atom. The zero-order valence-electron chi connectivity index (χ0n) is 21.6. The minimum atomic E-state index is -4.25. The molecular weight excluding hydrogens is 538 g/mol. The number of carbonyl (C=O) groups excluding carboxylic acids is 1. The Bertz CT molecular complexity index is 1430. The van der Waals surface area contributed by atoms with Crippen molar-refractivity contribution in [1.82, 2.24) is 26.0 Å². The molecule has 0 aliphatic carbocycles. The van der Waals surface area contributed by atoms with E-state index in [1.54, 1.807) is 42.5 Å². The van der Waals surface area contributed by atoms with Gasteiger partial charge in [-0.2, -0.15) is 4.72 Å². The van der Waals surface area contributed by atoms with Crippen LogP contribution in [0.2, 0.25) is 0 Å². The van der Waals surface area contributed by atoms with Crippen LogP contribution in [0.3, 0.4) is 0 Å². The van der Waals surface area contributed by atoms with Crippen LogP contribution < -0.4 is 26.0 Å². The Labute approximate surface area is 231 Å². The van der Waals surface area contributed by atoms with E-state index in [2.05, 4.69) is 36.1 Å². The molecule has 40 heavy (non-hydrogen) atoms. The molecule has 3 heterocycles. The number of hydrogen-bond acceptors (Lipinski definition) is 10. The van der Waals surface area contributed by atoms with Crippen LogP contribution in [0.25, 0.3) is 11.1 Å². The number of amides is 1. The molecule has 0 bridgehead atoms. The van der Waals surface area contributed by atoms with Gasteiger partial charge in [0.2, 0.25) is 10.0 Å². The fourth-order valence-electron chi connectivity index (χ4n) is 4.94. The van der Waals surface area contributed by atoms with Gasteiger partial charge in [0.1, 0.15) is 11.8 Å². The lowest BCUT2D eigenvalue weighted by Gasteiger charge is -2.20. The van der Waals surface area contributed by atoms with Crippen LogP contribution in [0, 0.1) is 0 Å². The Hall–Kier alpha value is -4.01. The highest BCUT2D eigenvalue weighted by atomic mass is 32.2. The monoisotopic (exact) mass is 569 g/mol. The fourth-order valence-corrected chi connectivity index (χ4v) is 6.35. The van der Waals surface area contributed by atoms with E-state index in [9.17, 15) is 23.1 Å². The normalized spacial score (nSPS) is 22.6. The number of carbonyl (C=O) groups is 2. The van der Waals surface area contributed by atoms with Crippen LogP contribution in [-0.4, -0.2) is 87.5 Å². The second kappa shape index (κ2) is 11.6. The number of aliphatic imine (C=N–C) groups is 1. The lowest BCUT2D eigenvalue weighted by atomic mass is 9.94. The van der Waals surface area contributed by atoms with Crippen molar-refractivity contribution < 1.29 is 28.0 Å². The molecular formula is C26H31N7O6S. The molecule has 212 valence electrons. The van der Waals surface area contributed by atoms with Crippen LogP contribution in [0.5, 0.6) is 0 Å². The molecule has 2 aromatic carbocycles. The molecule has 1 saturated heterocycles. The number of benzene rings is 2. The number of aliphatic carboxylic acids is 1. The molecule has 0 saturated carbocycles. The Kier molecular flexibility index (Phi) is 8.00. The number of oxime groups is 1. The van der Waals surface area contributed by atoms with E-state index >= 15 is 0 Å². The summed E-state index contributed by atoms with van der Waals surface area (Å²) in [4.78, 5) is 34.6. The van der Waals surface area contributed by atoms with Crippen molar-refractivity contribution in [3.63, 3.8) is 0 Å². The first-order valence-corrected chi connectivity index (χ1v) is 14.4. The molecule has 3 atom stereocenters. The van der Waals surface area contributed by atoms with Gasteiger partial charge in [0.15, 0.2) is 11.6 Å². The molecule has 1 spiro atoms. The van der Waals surface area contributed by atoms with E-state index in [4.69, 9.17) is 4.84 Å². The molecule has 3 aliphatic heterocycles. The van der Waals surface area contributed by atoms with Crippen LogP contribution >= 0.6 is 0 Å². The maximum absolute atomic E-state index is 13.2. The number of nitrogens with one attached hydrogen (secondary N) is 5. The summed E-state index contributed by atoms with van der Waals surface area (Å²) < 4.78 is 28.7. The summed E-state index contributed by atoms with van der Waals surface area (Å²) in [5, 5.41) is 25.9. The van der Waals surface area contributed by atoms with Gasteiger partial charge in [-0.3, -0.25) is 14.6 Å². The van der Waals surface area contributed by atoms with Crippen LogP contribution in [0.15, 0.2) is 69.6 Å². The van der Waals surface area contributed by atoms with Gasteiger partial charge in [-0.1, -0.05) is 53.7 Å². The Balaban J connectivity index is 1.17. The number of carboxylic acids is 1. The first-order valence-electron chi connectivity index (χ1n) is 12.9. The highest BCUT2D eigenvalue weighted by Crippen LogP contribution is 2.32. The number of hydrogen-bond donors (Lipinski definition) is 6. The smallest absolute Gasteiger partial charge is 0.323 e. The number of nitrogens with zero attached hydrogens (tertiary/aromatic N) is 2. The van der Waals surface area contributed by atoms with Crippen LogP contribution in [0.1, 0.15) is 12.8 Å².